The van der Waals surface area contributed by atoms with Crippen LogP contribution in [0.4, 0.5) is 0 Å². The lowest BCUT2D eigenvalue weighted by atomic mass is 10.1. The standard InChI is InChI=1S/C14H24N2O2/c1-4-6-14(12(2)3)15-18-10-9-16-8-5-7-13(16)11-17/h12-13,17H,5,7-11H2,1-3H3/b15-14+/t13-/m1/s1. The SMILES string of the molecule is CC#C/C(=N\OCCN1CCC[C@@H]1CO)C(C)C. The average molecular weight is 252 g/mol. The molecule has 1 rings (SSSR count). The molecule has 102 valence electrons. The monoisotopic (exact) mass is 252 g/mol. The van der Waals surface area contributed by atoms with Crippen molar-refractivity contribution in [3.63, 3.8) is 0 Å². The molecule has 1 aliphatic rings. The molecule has 1 N–H and O–H groups in total. The summed E-state index contributed by atoms with van der Waals surface area (Å²) in [7, 11) is 0. The van der Waals surface area contributed by atoms with Gasteiger partial charge in [0.1, 0.15) is 12.3 Å². The third kappa shape index (κ3) is 4.67. The van der Waals surface area contributed by atoms with Crippen LogP contribution in [0, 0.1) is 17.8 Å². The highest BCUT2D eigenvalue weighted by molar-refractivity contribution is 6.01. The topological polar surface area (TPSA) is 45.1 Å². The summed E-state index contributed by atoms with van der Waals surface area (Å²) in [6.07, 6.45) is 2.24. The molecular weight excluding hydrogens is 228 g/mol. The van der Waals surface area contributed by atoms with Crippen LogP contribution < -0.4 is 0 Å². The van der Waals surface area contributed by atoms with Gasteiger partial charge in [0.2, 0.25) is 0 Å². The number of oxime groups is 1. The number of hydrogen-bond acceptors (Lipinski definition) is 4. The summed E-state index contributed by atoms with van der Waals surface area (Å²) in [6.45, 7) is 8.56. The first kappa shape index (κ1) is 15.0. The molecule has 0 radical (unpaired) electrons. The average Bonchev–Trinajstić information content (AvgIpc) is 2.80. The predicted molar refractivity (Wildman–Crippen MR) is 73.4 cm³/mol. The summed E-state index contributed by atoms with van der Waals surface area (Å²) >= 11 is 0. The summed E-state index contributed by atoms with van der Waals surface area (Å²) in [5, 5.41) is 13.3. The molecule has 0 aromatic heterocycles. The molecular formula is C14H24N2O2. The predicted octanol–water partition coefficient (Wildman–Crippen LogP) is 1.49. The minimum Gasteiger partial charge on any atom is -0.395 e. The molecule has 4 nitrogen and oxygen atoms in total. The highest BCUT2D eigenvalue weighted by atomic mass is 16.6. The van der Waals surface area contributed by atoms with Crippen LogP contribution in [0.25, 0.3) is 0 Å². The van der Waals surface area contributed by atoms with Gasteiger partial charge < -0.3 is 9.94 Å². The van der Waals surface area contributed by atoms with Gasteiger partial charge in [-0.05, 0) is 32.2 Å². The zero-order valence-electron chi connectivity index (χ0n) is 11.6. The second kappa shape index (κ2) is 8.12. The van der Waals surface area contributed by atoms with Crippen molar-refractivity contribution in [2.75, 3.05) is 26.3 Å². The summed E-state index contributed by atoms with van der Waals surface area (Å²) in [4.78, 5) is 7.59. The van der Waals surface area contributed by atoms with Crippen molar-refractivity contribution in [1.82, 2.24) is 4.90 Å². The number of aliphatic hydroxyl groups excluding tert-OH is 1. The number of nitrogens with zero attached hydrogens (tertiary/aromatic N) is 2. The summed E-state index contributed by atoms with van der Waals surface area (Å²) < 4.78 is 0. The molecule has 0 bridgehead atoms. The fourth-order valence-corrected chi connectivity index (χ4v) is 2.07. The molecule has 1 atom stereocenters. The van der Waals surface area contributed by atoms with E-state index in [4.69, 9.17) is 4.84 Å². The van der Waals surface area contributed by atoms with Crippen LogP contribution in [0.1, 0.15) is 33.6 Å². The van der Waals surface area contributed by atoms with Gasteiger partial charge in [-0.25, -0.2) is 0 Å². The molecule has 18 heavy (non-hydrogen) atoms. The molecule has 1 fully saturated rings. The lowest BCUT2D eigenvalue weighted by molar-refractivity contribution is 0.0893. The van der Waals surface area contributed by atoms with Crippen LogP contribution in [0.2, 0.25) is 0 Å². The van der Waals surface area contributed by atoms with Gasteiger partial charge in [0.05, 0.1) is 6.61 Å². The minimum absolute atomic E-state index is 0.238. The van der Waals surface area contributed by atoms with Gasteiger partial charge in [0, 0.05) is 18.5 Å². The van der Waals surface area contributed by atoms with E-state index in [1.54, 1.807) is 6.92 Å². The Hall–Kier alpha value is -1.05. The van der Waals surface area contributed by atoms with E-state index in [9.17, 15) is 5.11 Å². The number of aliphatic hydroxyl groups is 1. The molecule has 1 heterocycles. The van der Waals surface area contributed by atoms with Gasteiger partial charge in [0.15, 0.2) is 0 Å². The third-order valence-corrected chi connectivity index (χ3v) is 3.14. The van der Waals surface area contributed by atoms with E-state index in [0.29, 0.717) is 12.6 Å². The summed E-state index contributed by atoms with van der Waals surface area (Å²) in [5.74, 6) is 6.08. The second-order valence-corrected chi connectivity index (χ2v) is 4.85. The van der Waals surface area contributed by atoms with E-state index in [0.717, 1.165) is 31.6 Å². The van der Waals surface area contributed by atoms with Gasteiger partial charge >= 0.3 is 0 Å². The van der Waals surface area contributed by atoms with E-state index in [2.05, 4.69) is 35.7 Å². The lowest BCUT2D eigenvalue weighted by Gasteiger charge is -2.21. The smallest absolute Gasteiger partial charge is 0.132 e. The largest absolute Gasteiger partial charge is 0.395 e. The van der Waals surface area contributed by atoms with Gasteiger partial charge in [-0.1, -0.05) is 24.9 Å². The maximum absolute atomic E-state index is 9.20. The van der Waals surface area contributed by atoms with E-state index in [-0.39, 0.29) is 12.5 Å². The molecule has 0 unspecified atom stereocenters. The van der Waals surface area contributed by atoms with Crippen molar-refractivity contribution in [1.29, 1.82) is 0 Å². The first-order chi connectivity index (χ1) is 8.69. The first-order valence-electron chi connectivity index (χ1n) is 6.66. The molecule has 0 aromatic carbocycles. The molecule has 4 heteroatoms. The Bertz CT molecular complexity index is 328. The van der Waals surface area contributed by atoms with Crippen molar-refractivity contribution in [2.45, 2.75) is 39.7 Å². The van der Waals surface area contributed by atoms with Gasteiger partial charge in [-0.3, -0.25) is 4.90 Å². The molecule has 0 saturated carbocycles. The quantitative estimate of drug-likeness (QED) is 0.337. The van der Waals surface area contributed by atoms with E-state index >= 15 is 0 Å². The maximum Gasteiger partial charge on any atom is 0.132 e. The zero-order valence-corrected chi connectivity index (χ0v) is 11.6. The van der Waals surface area contributed by atoms with Gasteiger partial charge in [0.25, 0.3) is 0 Å². The van der Waals surface area contributed by atoms with Crippen molar-refractivity contribution >= 4 is 5.71 Å². The normalized spacial score (nSPS) is 20.9. The number of rotatable bonds is 6. The maximum atomic E-state index is 9.20. The van der Waals surface area contributed by atoms with E-state index in [1.165, 1.54) is 0 Å². The summed E-state index contributed by atoms with van der Waals surface area (Å²) in [6, 6.07) is 0.303. The lowest BCUT2D eigenvalue weighted by Crippen LogP contribution is -2.34. The Kier molecular flexibility index (Phi) is 6.77. The fourth-order valence-electron chi connectivity index (χ4n) is 2.07. The van der Waals surface area contributed by atoms with Crippen LogP contribution in [-0.4, -0.2) is 48.1 Å². The molecule has 0 spiro atoms. The van der Waals surface area contributed by atoms with Crippen molar-refractivity contribution in [2.24, 2.45) is 11.1 Å². The van der Waals surface area contributed by atoms with Gasteiger partial charge in [-0.2, -0.15) is 0 Å². The van der Waals surface area contributed by atoms with Gasteiger partial charge in [-0.15, -0.1) is 0 Å². The second-order valence-electron chi connectivity index (χ2n) is 4.85. The van der Waals surface area contributed by atoms with Crippen LogP contribution in [0.15, 0.2) is 5.16 Å². The van der Waals surface area contributed by atoms with Crippen molar-refractivity contribution in [3.8, 4) is 11.8 Å². The highest BCUT2D eigenvalue weighted by Crippen LogP contribution is 2.15. The van der Waals surface area contributed by atoms with E-state index < -0.39 is 0 Å². The summed E-state index contributed by atoms with van der Waals surface area (Å²) in [5.41, 5.74) is 0.789. The third-order valence-electron chi connectivity index (χ3n) is 3.14. The molecule has 1 aliphatic heterocycles. The van der Waals surface area contributed by atoms with Crippen LogP contribution in [0.3, 0.4) is 0 Å². The van der Waals surface area contributed by atoms with Crippen molar-refractivity contribution in [3.05, 3.63) is 0 Å². The molecule has 0 amide bonds. The van der Waals surface area contributed by atoms with Crippen molar-refractivity contribution < 1.29 is 9.94 Å². The van der Waals surface area contributed by atoms with Crippen LogP contribution in [-0.2, 0) is 4.84 Å². The number of hydrogen-bond donors (Lipinski definition) is 1. The fraction of sp³-hybridized carbons (Fsp3) is 0.786. The number of likely N-dealkylation sites (tertiary alicyclic amines) is 1. The molecule has 0 aliphatic carbocycles. The van der Waals surface area contributed by atoms with Crippen LogP contribution in [0.5, 0.6) is 0 Å². The zero-order chi connectivity index (χ0) is 13.4. The molecule has 0 aromatic rings. The Morgan fingerprint density at radius 1 is 1.56 bits per heavy atom. The van der Waals surface area contributed by atoms with E-state index in [1.807, 2.05) is 0 Å². The Morgan fingerprint density at radius 3 is 2.94 bits per heavy atom. The Morgan fingerprint density at radius 2 is 2.33 bits per heavy atom. The Balaban J connectivity index is 2.32. The highest BCUT2D eigenvalue weighted by Gasteiger charge is 2.22. The minimum atomic E-state index is 0.238. The Labute approximate surface area is 110 Å². The first-order valence-corrected chi connectivity index (χ1v) is 6.66. The molecule has 1 saturated heterocycles. The van der Waals surface area contributed by atoms with Crippen LogP contribution >= 0.6 is 0 Å².